The molecule has 28 heavy (non-hydrogen) atoms. The summed E-state index contributed by atoms with van der Waals surface area (Å²) >= 11 is 0. The first kappa shape index (κ1) is 19.4. The molecule has 0 spiro atoms. The standard InChI is InChI=1S/C22H24N4O2/c1-4-26(18-7-5-6-16(2)12-18)21-13-20(24-15-25-21)22(27)23-14-17-8-10-19(28-3)11-9-17/h5-13,15H,4,14H2,1-3H3,(H,23,27). The number of hydrogen-bond donors (Lipinski definition) is 1. The molecular weight excluding hydrogens is 352 g/mol. The first-order valence-electron chi connectivity index (χ1n) is 9.18. The molecule has 144 valence electrons. The number of benzene rings is 2. The van der Waals surface area contributed by atoms with Crippen LogP contribution in [0.3, 0.4) is 0 Å². The number of nitrogens with one attached hydrogen (secondary N) is 1. The minimum Gasteiger partial charge on any atom is -0.497 e. The number of hydrogen-bond acceptors (Lipinski definition) is 5. The molecule has 1 aromatic heterocycles. The van der Waals surface area contributed by atoms with E-state index in [0.717, 1.165) is 23.5 Å². The van der Waals surface area contributed by atoms with Crippen LogP contribution in [0.25, 0.3) is 0 Å². The molecule has 0 aliphatic rings. The maximum atomic E-state index is 12.6. The number of methoxy groups -OCH3 is 1. The van der Waals surface area contributed by atoms with Crippen LogP contribution < -0.4 is 15.0 Å². The lowest BCUT2D eigenvalue weighted by Gasteiger charge is -2.22. The van der Waals surface area contributed by atoms with Gasteiger partial charge < -0.3 is 15.0 Å². The van der Waals surface area contributed by atoms with Crippen LogP contribution >= 0.6 is 0 Å². The monoisotopic (exact) mass is 376 g/mol. The van der Waals surface area contributed by atoms with E-state index >= 15 is 0 Å². The van der Waals surface area contributed by atoms with E-state index in [1.807, 2.05) is 43.3 Å². The molecule has 0 aliphatic carbocycles. The van der Waals surface area contributed by atoms with Gasteiger partial charge in [0.2, 0.25) is 0 Å². The zero-order valence-electron chi connectivity index (χ0n) is 16.3. The van der Waals surface area contributed by atoms with Gasteiger partial charge in [0.25, 0.3) is 5.91 Å². The normalized spacial score (nSPS) is 10.4. The summed E-state index contributed by atoms with van der Waals surface area (Å²) in [5.74, 6) is 1.24. The topological polar surface area (TPSA) is 67.4 Å². The highest BCUT2D eigenvalue weighted by Crippen LogP contribution is 2.24. The van der Waals surface area contributed by atoms with Crippen LogP contribution in [0.2, 0.25) is 0 Å². The first-order chi connectivity index (χ1) is 13.6. The Labute approximate surface area is 165 Å². The van der Waals surface area contributed by atoms with Gasteiger partial charge in [0, 0.05) is 24.8 Å². The van der Waals surface area contributed by atoms with Gasteiger partial charge in [-0.2, -0.15) is 0 Å². The SMILES string of the molecule is CCN(c1cccc(C)c1)c1cc(C(=O)NCc2ccc(OC)cc2)ncn1. The smallest absolute Gasteiger partial charge is 0.270 e. The lowest BCUT2D eigenvalue weighted by atomic mass is 10.2. The Balaban J connectivity index is 1.73. The number of carbonyl (C=O) groups is 1. The minimum atomic E-state index is -0.236. The van der Waals surface area contributed by atoms with Crippen LogP contribution in [0.5, 0.6) is 5.75 Å². The Bertz CT molecular complexity index is 941. The molecule has 0 saturated heterocycles. The Hall–Kier alpha value is -3.41. The van der Waals surface area contributed by atoms with Gasteiger partial charge in [0.15, 0.2) is 0 Å². The average molecular weight is 376 g/mol. The Morgan fingerprint density at radius 1 is 1.11 bits per heavy atom. The summed E-state index contributed by atoms with van der Waals surface area (Å²) in [5, 5.41) is 2.90. The molecule has 6 nitrogen and oxygen atoms in total. The molecule has 0 bridgehead atoms. The van der Waals surface area contributed by atoms with Crippen LogP contribution in [-0.2, 0) is 6.54 Å². The van der Waals surface area contributed by atoms with E-state index in [-0.39, 0.29) is 5.91 Å². The molecule has 3 aromatic rings. The third-order valence-electron chi connectivity index (χ3n) is 4.40. The van der Waals surface area contributed by atoms with E-state index in [0.29, 0.717) is 18.1 Å². The summed E-state index contributed by atoms with van der Waals surface area (Å²) in [6, 6.07) is 17.5. The summed E-state index contributed by atoms with van der Waals surface area (Å²) in [6.45, 7) is 5.24. The van der Waals surface area contributed by atoms with Crippen molar-refractivity contribution in [2.45, 2.75) is 20.4 Å². The fraction of sp³-hybridized carbons (Fsp3) is 0.227. The summed E-state index contributed by atoms with van der Waals surface area (Å²) < 4.78 is 5.15. The minimum absolute atomic E-state index is 0.236. The summed E-state index contributed by atoms with van der Waals surface area (Å²) in [7, 11) is 1.62. The fourth-order valence-electron chi connectivity index (χ4n) is 2.91. The van der Waals surface area contributed by atoms with Gasteiger partial charge in [0.1, 0.15) is 23.6 Å². The molecule has 0 saturated carbocycles. The van der Waals surface area contributed by atoms with Crippen molar-refractivity contribution in [1.82, 2.24) is 15.3 Å². The van der Waals surface area contributed by atoms with Crippen LogP contribution in [0.15, 0.2) is 60.9 Å². The van der Waals surface area contributed by atoms with Crippen LogP contribution in [0, 0.1) is 6.92 Å². The molecule has 2 aromatic carbocycles. The van der Waals surface area contributed by atoms with Crippen molar-refractivity contribution in [3.05, 3.63) is 77.7 Å². The maximum absolute atomic E-state index is 12.6. The predicted molar refractivity (Wildman–Crippen MR) is 110 cm³/mol. The van der Waals surface area contributed by atoms with Crippen molar-refractivity contribution in [1.29, 1.82) is 0 Å². The van der Waals surface area contributed by atoms with Crippen molar-refractivity contribution < 1.29 is 9.53 Å². The van der Waals surface area contributed by atoms with E-state index in [1.54, 1.807) is 13.2 Å². The molecule has 0 fully saturated rings. The van der Waals surface area contributed by atoms with E-state index in [1.165, 1.54) is 11.9 Å². The first-order valence-corrected chi connectivity index (χ1v) is 9.18. The summed E-state index contributed by atoms with van der Waals surface area (Å²) in [6.07, 6.45) is 1.43. The zero-order valence-corrected chi connectivity index (χ0v) is 16.3. The number of aryl methyl sites for hydroxylation is 1. The van der Waals surface area contributed by atoms with Crippen LogP contribution in [0.4, 0.5) is 11.5 Å². The number of amides is 1. The second kappa shape index (κ2) is 8.99. The van der Waals surface area contributed by atoms with Crippen molar-refractivity contribution in [2.75, 3.05) is 18.6 Å². The molecule has 0 atom stereocenters. The second-order valence-corrected chi connectivity index (χ2v) is 6.38. The maximum Gasteiger partial charge on any atom is 0.270 e. The van der Waals surface area contributed by atoms with Gasteiger partial charge in [-0.05, 0) is 49.2 Å². The lowest BCUT2D eigenvalue weighted by molar-refractivity contribution is 0.0945. The molecule has 1 amide bonds. The molecular formula is C22H24N4O2. The zero-order chi connectivity index (χ0) is 19.9. The van der Waals surface area contributed by atoms with Gasteiger partial charge >= 0.3 is 0 Å². The van der Waals surface area contributed by atoms with Crippen molar-refractivity contribution >= 4 is 17.4 Å². The lowest BCUT2D eigenvalue weighted by Crippen LogP contribution is -2.25. The van der Waals surface area contributed by atoms with Gasteiger partial charge in [-0.15, -0.1) is 0 Å². The predicted octanol–water partition coefficient (Wildman–Crippen LogP) is 3.88. The van der Waals surface area contributed by atoms with E-state index in [2.05, 4.69) is 39.2 Å². The molecule has 3 rings (SSSR count). The van der Waals surface area contributed by atoms with Crippen molar-refractivity contribution in [2.24, 2.45) is 0 Å². The number of nitrogens with zero attached hydrogens (tertiary/aromatic N) is 3. The van der Waals surface area contributed by atoms with E-state index in [9.17, 15) is 4.79 Å². The third kappa shape index (κ3) is 4.65. The van der Waals surface area contributed by atoms with Gasteiger partial charge in [-0.1, -0.05) is 24.3 Å². The Morgan fingerprint density at radius 2 is 1.89 bits per heavy atom. The molecule has 0 unspecified atom stereocenters. The van der Waals surface area contributed by atoms with Crippen molar-refractivity contribution in [3.63, 3.8) is 0 Å². The fourth-order valence-corrected chi connectivity index (χ4v) is 2.91. The van der Waals surface area contributed by atoms with Gasteiger partial charge in [-0.25, -0.2) is 9.97 Å². The summed E-state index contributed by atoms with van der Waals surface area (Å²) in [5.41, 5.74) is 3.52. The van der Waals surface area contributed by atoms with E-state index in [4.69, 9.17) is 4.74 Å². The second-order valence-electron chi connectivity index (χ2n) is 6.38. The van der Waals surface area contributed by atoms with Gasteiger partial charge in [-0.3, -0.25) is 4.79 Å². The largest absolute Gasteiger partial charge is 0.497 e. The summed E-state index contributed by atoms with van der Waals surface area (Å²) in [4.78, 5) is 23.1. The highest BCUT2D eigenvalue weighted by Gasteiger charge is 2.13. The van der Waals surface area contributed by atoms with Crippen LogP contribution in [0.1, 0.15) is 28.5 Å². The Morgan fingerprint density at radius 3 is 2.57 bits per heavy atom. The molecule has 0 radical (unpaired) electrons. The molecule has 1 heterocycles. The van der Waals surface area contributed by atoms with Crippen LogP contribution in [-0.4, -0.2) is 29.5 Å². The van der Waals surface area contributed by atoms with Gasteiger partial charge in [0.05, 0.1) is 7.11 Å². The molecule has 1 N–H and O–H groups in total. The number of ether oxygens (including phenoxy) is 1. The average Bonchev–Trinajstić information content (AvgIpc) is 2.73. The number of anilines is 2. The van der Waals surface area contributed by atoms with E-state index < -0.39 is 0 Å². The molecule has 6 heteroatoms. The van der Waals surface area contributed by atoms with Crippen molar-refractivity contribution in [3.8, 4) is 5.75 Å². The highest BCUT2D eigenvalue weighted by atomic mass is 16.5. The third-order valence-corrected chi connectivity index (χ3v) is 4.40. The number of rotatable bonds is 7. The Kier molecular flexibility index (Phi) is 6.22. The quantitative estimate of drug-likeness (QED) is 0.678. The number of aromatic nitrogens is 2. The highest BCUT2D eigenvalue weighted by molar-refractivity contribution is 5.93. The molecule has 0 aliphatic heterocycles. The number of carbonyl (C=O) groups excluding carboxylic acids is 1.